The van der Waals surface area contributed by atoms with E-state index < -0.39 is 5.91 Å². The van der Waals surface area contributed by atoms with Crippen LogP contribution in [0.15, 0.2) is 75.6 Å². The second-order valence-corrected chi connectivity index (χ2v) is 6.90. The predicted molar refractivity (Wildman–Crippen MR) is 114 cm³/mol. The first-order chi connectivity index (χ1) is 14.6. The van der Waals surface area contributed by atoms with Gasteiger partial charge in [0.1, 0.15) is 29.6 Å². The number of hydrogen-bond acceptors (Lipinski definition) is 5. The van der Waals surface area contributed by atoms with E-state index in [4.69, 9.17) is 25.2 Å². The number of benzene rings is 2. The van der Waals surface area contributed by atoms with Crippen LogP contribution in [0.25, 0.3) is 22.6 Å². The Morgan fingerprint density at radius 3 is 2.60 bits per heavy atom. The van der Waals surface area contributed by atoms with Gasteiger partial charge < -0.3 is 24.0 Å². The summed E-state index contributed by atoms with van der Waals surface area (Å²) < 4.78 is 16.7. The van der Waals surface area contributed by atoms with Crippen LogP contribution in [0.2, 0.25) is 5.02 Å². The number of aliphatic hydroxyl groups is 1. The van der Waals surface area contributed by atoms with Gasteiger partial charge in [0.15, 0.2) is 5.76 Å². The summed E-state index contributed by atoms with van der Waals surface area (Å²) in [5, 5.41) is 12.6. The maximum Gasteiger partial charge on any atom is 0.291 e. The van der Waals surface area contributed by atoms with Crippen molar-refractivity contribution < 1.29 is 23.5 Å². The van der Waals surface area contributed by atoms with Crippen molar-refractivity contribution in [2.45, 2.75) is 6.61 Å². The van der Waals surface area contributed by atoms with Crippen molar-refractivity contribution in [3.63, 3.8) is 0 Å². The number of anilines is 1. The molecule has 2 aromatic carbocycles. The van der Waals surface area contributed by atoms with Crippen LogP contribution in [0.5, 0.6) is 5.75 Å². The van der Waals surface area contributed by atoms with Crippen molar-refractivity contribution >= 4 is 23.2 Å². The van der Waals surface area contributed by atoms with E-state index in [2.05, 4.69) is 5.32 Å². The van der Waals surface area contributed by atoms with E-state index in [-0.39, 0.29) is 12.4 Å². The summed E-state index contributed by atoms with van der Waals surface area (Å²) in [5.41, 5.74) is 1.97. The van der Waals surface area contributed by atoms with Gasteiger partial charge in [0.25, 0.3) is 5.91 Å². The molecule has 2 aromatic heterocycles. The fourth-order valence-corrected chi connectivity index (χ4v) is 3.23. The zero-order valence-electron chi connectivity index (χ0n) is 16.0. The molecule has 0 aliphatic carbocycles. The van der Waals surface area contributed by atoms with E-state index in [1.807, 2.05) is 12.1 Å². The maximum absolute atomic E-state index is 12.7. The number of methoxy groups -OCH3 is 1. The number of furan rings is 2. The lowest BCUT2D eigenvalue weighted by molar-refractivity contribution is 0.0997. The Hall–Kier alpha value is -3.48. The maximum atomic E-state index is 12.7. The minimum absolute atomic E-state index is 0.169. The Balaban J connectivity index is 1.57. The topological polar surface area (TPSA) is 84.8 Å². The van der Waals surface area contributed by atoms with Gasteiger partial charge in [-0.2, -0.15) is 0 Å². The Labute approximate surface area is 177 Å². The summed E-state index contributed by atoms with van der Waals surface area (Å²) in [5.74, 6) is 1.86. The highest BCUT2D eigenvalue weighted by Crippen LogP contribution is 2.34. The molecule has 4 rings (SSSR count). The lowest BCUT2D eigenvalue weighted by Crippen LogP contribution is -2.10. The third-order valence-corrected chi connectivity index (χ3v) is 4.71. The third kappa shape index (κ3) is 4.10. The molecule has 0 radical (unpaired) electrons. The van der Waals surface area contributed by atoms with Crippen LogP contribution in [0, 0.1) is 0 Å². The number of carbonyl (C=O) groups excluding carboxylic acids is 1. The number of carbonyl (C=O) groups is 1. The standard InChI is InChI=1S/C23H18ClNO5/c1-28-20-7-5-16(12-18(20)21-8-6-17(13-26)29-21)25-23(27)22-10-9-19(30-22)14-3-2-4-15(24)11-14/h2-12,26H,13H2,1H3,(H,25,27). The van der Waals surface area contributed by atoms with Crippen LogP contribution in [-0.2, 0) is 6.61 Å². The third-order valence-electron chi connectivity index (χ3n) is 4.48. The summed E-state index contributed by atoms with van der Waals surface area (Å²) in [6.45, 7) is -0.202. The van der Waals surface area contributed by atoms with Gasteiger partial charge in [-0.05, 0) is 54.6 Å². The molecule has 0 saturated heterocycles. The molecule has 7 heteroatoms. The number of nitrogens with one attached hydrogen (secondary N) is 1. The number of hydrogen-bond donors (Lipinski definition) is 2. The first kappa shape index (κ1) is 19.8. The van der Waals surface area contributed by atoms with E-state index in [1.54, 1.807) is 61.7 Å². The summed E-state index contributed by atoms with van der Waals surface area (Å²) in [6, 6.07) is 19.1. The van der Waals surface area contributed by atoms with Gasteiger partial charge in [-0.3, -0.25) is 4.79 Å². The van der Waals surface area contributed by atoms with E-state index in [0.29, 0.717) is 39.3 Å². The van der Waals surface area contributed by atoms with E-state index in [9.17, 15) is 9.90 Å². The van der Waals surface area contributed by atoms with Crippen molar-refractivity contribution in [1.29, 1.82) is 0 Å². The molecule has 0 saturated carbocycles. The Morgan fingerprint density at radius 1 is 1.03 bits per heavy atom. The fraction of sp³-hybridized carbons (Fsp3) is 0.0870. The highest BCUT2D eigenvalue weighted by molar-refractivity contribution is 6.30. The minimum Gasteiger partial charge on any atom is -0.496 e. The summed E-state index contributed by atoms with van der Waals surface area (Å²) in [4.78, 5) is 12.7. The normalized spacial score (nSPS) is 10.8. The highest BCUT2D eigenvalue weighted by Gasteiger charge is 2.16. The molecule has 2 N–H and O–H groups in total. The monoisotopic (exact) mass is 423 g/mol. The summed E-state index contributed by atoms with van der Waals surface area (Å²) in [7, 11) is 1.55. The Morgan fingerprint density at radius 2 is 1.87 bits per heavy atom. The molecule has 0 aliphatic rings. The van der Waals surface area contributed by atoms with Gasteiger partial charge in [0.05, 0.1) is 12.7 Å². The summed E-state index contributed by atoms with van der Waals surface area (Å²) in [6.07, 6.45) is 0. The smallest absolute Gasteiger partial charge is 0.291 e. The Bertz CT molecular complexity index is 1190. The van der Waals surface area contributed by atoms with Gasteiger partial charge in [-0.15, -0.1) is 0 Å². The summed E-state index contributed by atoms with van der Waals surface area (Å²) >= 11 is 6.02. The molecule has 0 unspecified atom stereocenters. The zero-order valence-corrected chi connectivity index (χ0v) is 16.8. The molecule has 0 fully saturated rings. The molecule has 152 valence electrons. The molecule has 0 atom stereocenters. The number of aliphatic hydroxyl groups excluding tert-OH is 1. The molecular formula is C23H18ClNO5. The lowest BCUT2D eigenvalue weighted by atomic mass is 10.1. The number of amides is 1. The lowest BCUT2D eigenvalue weighted by Gasteiger charge is -2.10. The molecule has 4 aromatic rings. The van der Waals surface area contributed by atoms with Crippen LogP contribution in [0.1, 0.15) is 16.3 Å². The van der Waals surface area contributed by atoms with Crippen molar-refractivity contribution in [2.24, 2.45) is 0 Å². The SMILES string of the molecule is COc1ccc(NC(=O)c2ccc(-c3cccc(Cl)c3)o2)cc1-c1ccc(CO)o1. The van der Waals surface area contributed by atoms with Gasteiger partial charge in [-0.25, -0.2) is 0 Å². The molecular weight excluding hydrogens is 406 g/mol. The molecule has 0 bridgehead atoms. The largest absolute Gasteiger partial charge is 0.496 e. The molecule has 2 heterocycles. The predicted octanol–water partition coefficient (Wildman–Crippen LogP) is 5.61. The molecule has 1 amide bonds. The van der Waals surface area contributed by atoms with Crippen LogP contribution in [0.4, 0.5) is 5.69 Å². The van der Waals surface area contributed by atoms with Crippen molar-refractivity contribution in [2.75, 3.05) is 12.4 Å². The molecule has 30 heavy (non-hydrogen) atoms. The Kier molecular flexibility index (Phi) is 5.61. The van der Waals surface area contributed by atoms with Crippen LogP contribution in [0.3, 0.4) is 0 Å². The second kappa shape index (κ2) is 8.49. The highest BCUT2D eigenvalue weighted by atomic mass is 35.5. The van der Waals surface area contributed by atoms with Crippen molar-refractivity contribution in [1.82, 2.24) is 0 Å². The van der Waals surface area contributed by atoms with Gasteiger partial charge >= 0.3 is 0 Å². The van der Waals surface area contributed by atoms with Gasteiger partial charge in [0, 0.05) is 16.3 Å². The van der Waals surface area contributed by atoms with Crippen LogP contribution in [-0.4, -0.2) is 18.1 Å². The van der Waals surface area contributed by atoms with E-state index >= 15 is 0 Å². The van der Waals surface area contributed by atoms with Gasteiger partial charge in [0.2, 0.25) is 0 Å². The average molecular weight is 424 g/mol. The number of rotatable bonds is 6. The number of ether oxygens (including phenoxy) is 1. The molecule has 0 aliphatic heterocycles. The van der Waals surface area contributed by atoms with E-state index in [0.717, 1.165) is 5.56 Å². The van der Waals surface area contributed by atoms with Crippen LogP contribution < -0.4 is 10.1 Å². The zero-order chi connectivity index (χ0) is 21.1. The fourth-order valence-electron chi connectivity index (χ4n) is 3.04. The molecule has 6 nitrogen and oxygen atoms in total. The second-order valence-electron chi connectivity index (χ2n) is 6.47. The van der Waals surface area contributed by atoms with E-state index in [1.165, 1.54) is 0 Å². The molecule has 0 spiro atoms. The average Bonchev–Trinajstić information content (AvgIpc) is 3.43. The minimum atomic E-state index is -0.394. The number of halogens is 1. The quantitative estimate of drug-likeness (QED) is 0.421. The van der Waals surface area contributed by atoms with Crippen LogP contribution >= 0.6 is 11.6 Å². The van der Waals surface area contributed by atoms with Crippen molar-refractivity contribution in [3.05, 3.63) is 83.3 Å². The van der Waals surface area contributed by atoms with Gasteiger partial charge in [-0.1, -0.05) is 23.7 Å². The van der Waals surface area contributed by atoms with Crippen molar-refractivity contribution in [3.8, 4) is 28.4 Å². The first-order valence-electron chi connectivity index (χ1n) is 9.12. The first-order valence-corrected chi connectivity index (χ1v) is 9.50.